The number of fused-ring (bicyclic) bond motifs is 1. The Morgan fingerprint density at radius 3 is 2.55 bits per heavy atom. The molecule has 7 heteroatoms. The smallest absolute Gasteiger partial charge is 0.248 e. The first-order valence-electron chi connectivity index (χ1n) is 10.6. The fraction of sp³-hybridized carbons (Fsp3) is 0.682. The lowest BCUT2D eigenvalue weighted by Gasteiger charge is -2.30. The van der Waals surface area contributed by atoms with E-state index in [9.17, 15) is 13.9 Å². The second-order valence-electron chi connectivity index (χ2n) is 9.67. The van der Waals surface area contributed by atoms with E-state index in [0.29, 0.717) is 19.4 Å². The standard InChI is InChI=1S/C22H31F2N3OS/c1-21(2,3)20-25-18-12-17(29-26-11-8-16(28)14-26)4-5-19(18)27(20)13-15-6-9-22(23,24)10-7-15/h4-5,12,15-16,28H,6-11,13-14H2,1-3H3. The summed E-state index contributed by atoms with van der Waals surface area (Å²) in [6.45, 7) is 8.79. The SMILES string of the molecule is CC(C)(C)c1nc2cc(SN3CCC(O)C3)ccc2n1CC1CCC(F)(F)CC1. The van der Waals surface area contributed by atoms with Crippen LogP contribution in [0.3, 0.4) is 0 Å². The van der Waals surface area contributed by atoms with Crippen LogP contribution in [-0.2, 0) is 12.0 Å². The average molecular weight is 424 g/mol. The molecule has 0 bridgehead atoms. The number of benzene rings is 1. The molecule has 0 spiro atoms. The van der Waals surface area contributed by atoms with Crippen molar-refractivity contribution in [2.75, 3.05) is 13.1 Å². The van der Waals surface area contributed by atoms with Crippen molar-refractivity contribution in [2.45, 2.75) is 81.8 Å². The second-order valence-corrected chi connectivity index (χ2v) is 10.8. The van der Waals surface area contributed by atoms with Crippen LogP contribution in [0, 0.1) is 5.92 Å². The number of alkyl halides is 2. The summed E-state index contributed by atoms with van der Waals surface area (Å²) in [6, 6.07) is 6.34. The van der Waals surface area contributed by atoms with Crippen LogP contribution in [0.1, 0.15) is 58.7 Å². The Morgan fingerprint density at radius 2 is 1.93 bits per heavy atom. The number of aliphatic hydroxyl groups is 1. The van der Waals surface area contributed by atoms with Gasteiger partial charge in [0.25, 0.3) is 0 Å². The van der Waals surface area contributed by atoms with Crippen LogP contribution in [0.25, 0.3) is 11.0 Å². The van der Waals surface area contributed by atoms with Crippen molar-refractivity contribution in [1.82, 2.24) is 13.9 Å². The van der Waals surface area contributed by atoms with Gasteiger partial charge in [-0.1, -0.05) is 20.8 Å². The van der Waals surface area contributed by atoms with Crippen LogP contribution in [-0.4, -0.2) is 44.1 Å². The molecule has 2 fully saturated rings. The van der Waals surface area contributed by atoms with Crippen LogP contribution in [0.2, 0.25) is 0 Å². The van der Waals surface area contributed by atoms with Gasteiger partial charge in [-0.25, -0.2) is 18.1 Å². The largest absolute Gasteiger partial charge is 0.392 e. The number of aliphatic hydroxyl groups excluding tert-OH is 1. The molecule has 1 aliphatic carbocycles. The van der Waals surface area contributed by atoms with Crippen LogP contribution in [0.4, 0.5) is 8.78 Å². The van der Waals surface area contributed by atoms with E-state index >= 15 is 0 Å². The van der Waals surface area contributed by atoms with Crippen molar-refractivity contribution in [3.63, 3.8) is 0 Å². The van der Waals surface area contributed by atoms with Crippen molar-refractivity contribution in [2.24, 2.45) is 5.92 Å². The first-order valence-corrected chi connectivity index (χ1v) is 11.4. The Hall–Kier alpha value is -1.18. The molecule has 2 heterocycles. The highest BCUT2D eigenvalue weighted by atomic mass is 32.2. The zero-order valence-corrected chi connectivity index (χ0v) is 18.3. The molecule has 1 aliphatic heterocycles. The molecule has 1 atom stereocenters. The van der Waals surface area contributed by atoms with E-state index in [1.807, 2.05) is 0 Å². The molecule has 1 aromatic heterocycles. The zero-order chi connectivity index (χ0) is 20.8. The summed E-state index contributed by atoms with van der Waals surface area (Å²) in [5.74, 6) is -1.20. The molecule has 4 nitrogen and oxygen atoms in total. The number of nitrogens with zero attached hydrogens (tertiary/aromatic N) is 3. The van der Waals surface area contributed by atoms with Crippen molar-refractivity contribution in [1.29, 1.82) is 0 Å². The molecule has 0 amide bonds. The summed E-state index contributed by atoms with van der Waals surface area (Å²) in [5.41, 5.74) is 1.92. The quantitative estimate of drug-likeness (QED) is 0.684. The maximum atomic E-state index is 13.6. The summed E-state index contributed by atoms with van der Waals surface area (Å²) in [7, 11) is 0. The van der Waals surface area contributed by atoms with Gasteiger partial charge in [0.15, 0.2) is 0 Å². The molecule has 29 heavy (non-hydrogen) atoms. The molecule has 1 unspecified atom stereocenters. The number of aromatic nitrogens is 2. The van der Waals surface area contributed by atoms with Gasteiger partial charge in [-0.15, -0.1) is 0 Å². The third kappa shape index (κ3) is 4.78. The number of imidazole rings is 1. The Morgan fingerprint density at radius 1 is 1.21 bits per heavy atom. The van der Waals surface area contributed by atoms with Crippen LogP contribution in [0.5, 0.6) is 0 Å². The summed E-state index contributed by atoms with van der Waals surface area (Å²) in [6.07, 6.45) is 1.72. The molecule has 2 aromatic rings. The predicted octanol–water partition coefficient (Wildman–Crippen LogP) is 5.23. The van der Waals surface area contributed by atoms with Gasteiger partial charge in [0.05, 0.1) is 17.1 Å². The molecular formula is C22H31F2N3OS. The van der Waals surface area contributed by atoms with Crippen molar-refractivity contribution in [3.8, 4) is 0 Å². The lowest BCUT2D eigenvalue weighted by molar-refractivity contribution is -0.0473. The Labute approximate surface area is 175 Å². The lowest BCUT2D eigenvalue weighted by Crippen LogP contribution is -2.28. The molecule has 4 rings (SSSR count). The van der Waals surface area contributed by atoms with E-state index in [1.165, 1.54) is 0 Å². The first kappa shape index (κ1) is 21.1. The van der Waals surface area contributed by atoms with Crippen molar-refractivity contribution >= 4 is 23.0 Å². The van der Waals surface area contributed by atoms with Gasteiger partial charge in [-0.2, -0.15) is 0 Å². The fourth-order valence-corrected chi connectivity index (χ4v) is 5.44. The van der Waals surface area contributed by atoms with E-state index < -0.39 is 5.92 Å². The highest BCUT2D eigenvalue weighted by Crippen LogP contribution is 2.38. The van der Waals surface area contributed by atoms with Gasteiger partial charge in [0, 0.05) is 42.8 Å². The van der Waals surface area contributed by atoms with E-state index in [0.717, 1.165) is 41.3 Å². The number of β-amino-alcohol motifs (C(OH)–C–C–N with tert-alkyl or cyclic N) is 1. The summed E-state index contributed by atoms with van der Waals surface area (Å²) in [4.78, 5) is 6.08. The van der Waals surface area contributed by atoms with Crippen molar-refractivity contribution < 1.29 is 13.9 Å². The monoisotopic (exact) mass is 423 g/mol. The zero-order valence-electron chi connectivity index (χ0n) is 17.5. The van der Waals surface area contributed by atoms with Gasteiger partial charge in [0.2, 0.25) is 5.92 Å². The molecule has 1 aromatic carbocycles. The number of rotatable bonds is 4. The van der Waals surface area contributed by atoms with Gasteiger partial charge >= 0.3 is 0 Å². The molecule has 1 saturated carbocycles. The van der Waals surface area contributed by atoms with E-state index in [-0.39, 0.29) is 30.3 Å². The van der Waals surface area contributed by atoms with Crippen LogP contribution < -0.4 is 0 Å². The number of hydrogen-bond acceptors (Lipinski definition) is 4. The highest BCUT2D eigenvalue weighted by Gasteiger charge is 2.35. The number of hydrogen-bond donors (Lipinski definition) is 1. The fourth-order valence-electron chi connectivity index (χ4n) is 4.41. The maximum Gasteiger partial charge on any atom is 0.248 e. The lowest BCUT2D eigenvalue weighted by atomic mass is 9.86. The minimum atomic E-state index is -2.49. The first-order chi connectivity index (χ1) is 13.6. The summed E-state index contributed by atoms with van der Waals surface area (Å²) < 4.78 is 31.6. The molecule has 160 valence electrons. The van der Waals surface area contributed by atoms with Gasteiger partial charge in [-0.05, 0) is 55.3 Å². The van der Waals surface area contributed by atoms with Gasteiger partial charge < -0.3 is 9.67 Å². The van der Waals surface area contributed by atoms with Crippen LogP contribution in [0.15, 0.2) is 23.1 Å². The van der Waals surface area contributed by atoms with Crippen LogP contribution >= 0.6 is 11.9 Å². The predicted molar refractivity (Wildman–Crippen MR) is 113 cm³/mol. The topological polar surface area (TPSA) is 41.3 Å². The third-order valence-electron chi connectivity index (χ3n) is 6.03. The summed E-state index contributed by atoms with van der Waals surface area (Å²) >= 11 is 1.67. The minimum absolute atomic E-state index is 0.00236. The highest BCUT2D eigenvalue weighted by molar-refractivity contribution is 7.97. The second kappa shape index (κ2) is 7.82. The minimum Gasteiger partial charge on any atom is -0.392 e. The molecule has 1 saturated heterocycles. The third-order valence-corrected chi connectivity index (χ3v) is 7.08. The molecular weight excluding hydrogens is 392 g/mol. The van der Waals surface area contributed by atoms with E-state index in [2.05, 4.69) is 47.8 Å². The average Bonchev–Trinajstić information content (AvgIpc) is 3.20. The van der Waals surface area contributed by atoms with Crippen molar-refractivity contribution in [3.05, 3.63) is 24.0 Å². The summed E-state index contributed by atoms with van der Waals surface area (Å²) in [5, 5.41) is 9.75. The Kier molecular flexibility index (Phi) is 5.68. The van der Waals surface area contributed by atoms with Gasteiger partial charge in [-0.3, -0.25) is 0 Å². The maximum absolute atomic E-state index is 13.6. The normalized spacial score (nSPS) is 23.9. The number of halogens is 2. The van der Waals surface area contributed by atoms with E-state index in [1.54, 1.807) is 11.9 Å². The molecule has 1 N–H and O–H groups in total. The molecule has 0 radical (unpaired) electrons. The Balaban J connectivity index is 1.60. The molecule has 2 aliphatic rings. The van der Waals surface area contributed by atoms with E-state index in [4.69, 9.17) is 4.98 Å². The van der Waals surface area contributed by atoms with Gasteiger partial charge in [0.1, 0.15) is 5.82 Å². The Bertz CT molecular complexity index is 867.